The monoisotopic (exact) mass is 390 g/mol. The molecule has 0 bridgehead atoms. The van der Waals surface area contributed by atoms with Gasteiger partial charge >= 0.3 is 0 Å². The number of hydrogen-bond donors (Lipinski definition) is 0. The molecule has 0 aliphatic carbocycles. The Kier molecular flexibility index (Phi) is 5.67. The zero-order valence-corrected chi connectivity index (χ0v) is 17.1. The molecule has 1 amide bonds. The van der Waals surface area contributed by atoms with Crippen LogP contribution in [0.3, 0.4) is 0 Å². The number of rotatable bonds is 4. The number of hydrogen-bond acceptors (Lipinski definition) is 6. The largest absolute Gasteiger partial charge is 0.497 e. The third-order valence-electron chi connectivity index (χ3n) is 4.58. The zero-order valence-electron chi connectivity index (χ0n) is 16.3. The van der Waals surface area contributed by atoms with Gasteiger partial charge in [0.05, 0.1) is 13.8 Å². The van der Waals surface area contributed by atoms with Crippen LogP contribution in [0.25, 0.3) is 11.5 Å². The number of carbonyl (C=O) groups excluding carboxylic acids is 1. The molecular weight excluding hydrogens is 364 g/mol. The van der Waals surface area contributed by atoms with Crippen molar-refractivity contribution in [1.29, 1.82) is 0 Å². The van der Waals surface area contributed by atoms with Gasteiger partial charge in [-0.25, -0.2) is 4.68 Å². The van der Waals surface area contributed by atoms with Crippen LogP contribution in [0.5, 0.6) is 5.75 Å². The normalized spacial score (nSPS) is 15.8. The molecule has 146 valence electrons. The topological polar surface area (TPSA) is 63.7 Å². The highest BCUT2D eigenvalue weighted by molar-refractivity contribution is 7.71. The Morgan fingerprint density at radius 1 is 1.19 bits per heavy atom. The first kappa shape index (κ1) is 19.6. The number of methoxy groups -OCH3 is 1. The molecule has 27 heavy (non-hydrogen) atoms. The smallest absolute Gasteiger partial charge is 0.288 e. The van der Waals surface area contributed by atoms with E-state index in [0.717, 1.165) is 24.4 Å². The van der Waals surface area contributed by atoms with E-state index in [9.17, 15) is 4.79 Å². The number of piperazine rings is 1. The number of amides is 1. The van der Waals surface area contributed by atoms with Crippen molar-refractivity contribution in [2.24, 2.45) is 5.41 Å². The molecular formula is C19H26N4O3S. The van der Waals surface area contributed by atoms with Crippen molar-refractivity contribution in [2.45, 2.75) is 27.4 Å². The van der Waals surface area contributed by atoms with Crippen molar-refractivity contribution >= 4 is 18.1 Å². The molecule has 0 spiro atoms. The second kappa shape index (κ2) is 7.82. The molecule has 1 aromatic carbocycles. The maximum atomic E-state index is 12.4. The second-order valence-corrected chi connectivity index (χ2v) is 8.05. The SMILES string of the molecule is COc1ccc(-c2nn(CN3CCN(C(=O)C(C)(C)C)CC3)c(=S)o2)cc1. The van der Waals surface area contributed by atoms with Crippen LogP contribution in [-0.4, -0.2) is 58.8 Å². The van der Waals surface area contributed by atoms with Gasteiger partial charge in [-0.05, 0) is 36.5 Å². The summed E-state index contributed by atoms with van der Waals surface area (Å²) < 4.78 is 12.5. The predicted octanol–water partition coefficient (Wildman–Crippen LogP) is 3.03. The summed E-state index contributed by atoms with van der Waals surface area (Å²) >= 11 is 5.32. The van der Waals surface area contributed by atoms with Gasteiger partial charge in [-0.2, -0.15) is 0 Å². The van der Waals surface area contributed by atoms with Gasteiger partial charge in [0.15, 0.2) is 0 Å². The van der Waals surface area contributed by atoms with E-state index < -0.39 is 0 Å². The van der Waals surface area contributed by atoms with Crippen LogP contribution in [0.2, 0.25) is 0 Å². The summed E-state index contributed by atoms with van der Waals surface area (Å²) in [4.78, 5) is 16.9. The molecule has 1 fully saturated rings. The lowest BCUT2D eigenvalue weighted by Crippen LogP contribution is -2.51. The average Bonchev–Trinajstić information content (AvgIpc) is 3.01. The van der Waals surface area contributed by atoms with Crippen molar-refractivity contribution in [3.8, 4) is 17.2 Å². The summed E-state index contributed by atoms with van der Waals surface area (Å²) in [6, 6.07) is 7.50. The van der Waals surface area contributed by atoms with Gasteiger partial charge in [0.1, 0.15) is 5.75 Å². The van der Waals surface area contributed by atoms with Gasteiger partial charge in [0, 0.05) is 37.2 Å². The Bertz CT molecular complexity index is 843. The number of benzene rings is 1. The number of nitrogens with zero attached hydrogens (tertiary/aromatic N) is 4. The fourth-order valence-corrected chi connectivity index (χ4v) is 3.18. The minimum Gasteiger partial charge on any atom is -0.497 e. The summed E-state index contributed by atoms with van der Waals surface area (Å²) in [5.74, 6) is 1.46. The molecule has 0 N–H and O–H groups in total. The molecule has 0 unspecified atom stereocenters. The summed E-state index contributed by atoms with van der Waals surface area (Å²) in [6.07, 6.45) is 0. The molecule has 0 radical (unpaired) electrons. The van der Waals surface area contributed by atoms with Crippen LogP contribution in [-0.2, 0) is 11.5 Å². The average molecular weight is 391 g/mol. The van der Waals surface area contributed by atoms with Gasteiger partial charge in [-0.3, -0.25) is 9.69 Å². The standard InChI is InChI=1S/C19H26N4O3S/c1-19(2,3)17(24)22-11-9-21(10-12-22)13-23-18(27)26-16(20-23)14-5-7-15(25-4)8-6-14/h5-8H,9-13H2,1-4H3. The maximum Gasteiger partial charge on any atom is 0.288 e. The van der Waals surface area contributed by atoms with Gasteiger partial charge < -0.3 is 14.1 Å². The molecule has 8 heteroatoms. The van der Waals surface area contributed by atoms with Crippen molar-refractivity contribution < 1.29 is 13.9 Å². The minimum atomic E-state index is -0.343. The molecule has 1 aliphatic heterocycles. The number of ether oxygens (including phenoxy) is 1. The highest BCUT2D eigenvalue weighted by Gasteiger charge is 2.29. The van der Waals surface area contributed by atoms with Crippen molar-refractivity contribution in [1.82, 2.24) is 19.6 Å². The van der Waals surface area contributed by atoms with Gasteiger partial charge in [-0.1, -0.05) is 20.8 Å². The first-order valence-electron chi connectivity index (χ1n) is 9.02. The van der Waals surface area contributed by atoms with Crippen LogP contribution in [0.15, 0.2) is 28.7 Å². The van der Waals surface area contributed by atoms with Crippen molar-refractivity contribution in [3.63, 3.8) is 0 Å². The predicted molar refractivity (Wildman–Crippen MR) is 105 cm³/mol. The lowest BCUT2D eigenvalue weighted by atomic mass is 9.94. The van der Waals surface area contributed by atoms with Gasteiger partial charge in [0.2, 0.25) is 11.8 Å². The zero-order chi connectivity index (χ0) is 19.6. The first-order chi connectivity index (χ1) is 12.8. The fourth-order valence-electron chi connectivity index (χ4n) is 3.00. The minimum absolute atomic E-state index is 0.196. The highest BCUT2D eigenvalue weighted by atomic mass is 32.1. The third-order valence-corrected chi connectivity index (χ3v) is 4.87. The third kappa shape index (κ3) is 4.56. The van der Waals surface area contributed by atoms with Gasteiger partial charge in [-0.15, -0.1) is 5.10 Å². The Balaban J connectivity index is 1.63. The number of aromatic nitrogens is 2. The van der Waals surface area contributed by atoms with Crippen LogP contribution in [0, 0.1) is 10.3 Å². The van der Waals surface area contributed by atoms with E-state index in [-0.39, 0.29) is 11.3 Å². The van der Waals surface area contributed by atoms with Crippen LogP contribution < -0.4 is 4.74 Å². The highest BCUT2D eigenvalue weighted by Crippen LogP contribution is 2.22. The molecule has 3 rings (SSSR count). The van der Waals surface area contributed by atoms with E-state index >= 15 is 0 Å². The van der Waals surface area contributed by atoms with E-state index in [2.05, 4.69) is 10.00 Å². The van der Waals surface area contributed by atoms with E-state index in [0.29, 0.717) is 30.5 Å². The molecule has 0 atom stereocenters. The molecule has 1 aromatic heterocycles. The Morgan fingerprint density at radius 3 is 2.37 bits per heavy atom. The van der Waals surface area contributed by atoms with Crippen LogP contribution in [0.1, 0.15) is 20.8 Å². The molecule has 2 heterocycles. The summed E-state index contributed by atoms with van der Waals surface area (Å²) in [6.45, 7) is 9.42. The first-order valence-corrected chi connectivity index (χ1v) is 9.43. The van der Waals surface area contributed by atoms with Gasteiger partial charge in [0.25, 0.3) is 4.84 Å². The van der Waals surface area contributed by atoms with Crippen molar-refractivity contribution in [3.05, 3.63) is 29.1 Å². The molecule has 1 aliphatic rings. The number of carbonyl (C=O) groups is 1. The second-order valence-electron chi connectivity index (χ2n) is 7.70. The van der Waals surface area contributed by atoms with Crippen LogP contribution >= 0.6 is 12.2 Å². The lowest BCUT2D eigenvalue weighted by Gasteiger charge is -2.37. The van der Waals surface area contributed by atoms with E-state index in [1.54, 1.807) is 11.8 Å². The lowest BCUT2D eigenvalue weighted by molar-refractivity contribution is -0.141. The Morgan fingerprint density at radius 2 is 1.81 bits per heavy atom. The molecule has 1 saturated heterocycles. The van der Waals surface area contributed by atoms with Crippen molar-refractivity contribution in [2.75, 3.05) is 33.3 Å². The van der Waals surface area contributed by atoms with E-state index in [1.807, 2.05) is 49.9 Å². The molecule has 7 nitrogen and oxygen atoms in total. The summed E-state index contributed by atoms with van der Waals surface area (Å²) in [7, 11) is 1.63. The summed E-state index contributed by atoms with van der Waals surface area (Å²) in [5.41, 5.74) is 0.505. The quantitative estimate of drug-likeness (QED) is 0.748. The summed E-state index contributed by atoms with van der Waals surface area (Å²) in [5, 5.41) is 4.51. The van der Waals surface area contributed by atoms with Crippen LogP contribution in [0.4, 0.5) is 0 Å². The Labute approximate surface area is 164 Å². The Hall–Kier alpha value is -2.19. The molecule has 0 saturated carbocycles. The van der Waals surface area contributed by atoms with E-state index in [1.165, 1.54) is 0 Å². The van der Waals surface area contributed by atoms with E-state index in [4.69, 9.17) is 21.4 Å². The fraction of sp³-hybridized carbons (Fsp3) is 0.526. The maximum absolute atomic E-state index is 12.4. The molecule has 2 aromatic rings.